The Bertz CT molecular complexity index is 472. The van der Waals surface area contributed by atoms with Crippen LogP contribution in [0.2, 0.25) is 0 Å². The summed E-state index contributed by atoms with van der Waals surface area (Å²) in [5, 5.41) is 0. The maximum Gasteiger partial charge on any atom is 0.341 e. The van der Waals surface area contributed by atoms with Crippen LogP contribution in [-0.4, -0.2) is 43.7 Å². The Balaban J connectivity index is 1.96. The van der Waals surface area contributed by atoms with Gasteiger partial charge in [-0.05, 0) is 45.0 Å². The van der Waals surface area contributed by atoms with E-state index in [9.17, 15) is 4.79 Å². The van der Waals surface area contributed by atoms with Gasteiger partial charge in [-0.1, -0.05) is 0 Å². The van der Waals surface area contributed by atoms with Crippen LogP contribution >= 0.6 is 0 Å². The van der Waals surface area contributed by atoms with E-state index >= 15 is 0 Å². The number of carbonyl (C=O) groups is 1. The number of esters is 1. The first kappa shape index (κ1) is 14.7. The van der Waals surface area contributed by atoms with Crippen molar-refractivity contribution in [2.45, 2.75) is 25.8 Å². The van der Waals surface area contributed by atoms with E-state index in [4.69, 9.17) is 15.2 Å². The molecular weight excluding hydrogens is 256 g/mol. The summed E-state index contributed by atoms with van der Waals surface area (Å²) in [5.41, 5.74) is 6.63. The number of rotatable bonds is 7. The molecule has 0 aromatic heterocycles. The Morgan fingerprint density at radius 1 is 1.45 bits per heavy atom. The van der Waals surface area contributed by atoms with Crippen LogP contribution in [0.1, 0.15) is 30.1 Å². The van der Waals surface area contributed by atoms with Gasteiger partial charge in [0.1, 0.15) is 17.9 Å². The summed E-state index contributed by atoms with van der Waals surface area (Å²) in [6.45, 7) is 3.49. The van der Waals surface area contributed by atoms with Crippen molar-refractivity contribution in [2.24, 2.45) is 0 Å². The topological polar surface area (TPSA) is 64.8 Å². The molecule has 1 aliphatic rings. The van der Waals surface area contributed by atoms with Gasteiger partial charge in [0.2, 0.25) is 0 Å². The predicted octanol–water partition coefficient (Wildman–Crippen LogP) is 1.92. The first-order chi connectivity index (χ1) is 9.61. The van der Waals surface area contributed by atoms with Crippen molar-refractivity contribution in [1.82, 2.24) is 4.90 Å². The third-order valence-electron chi connectivity index (χ3n) is 3.37. The molecular formula is C15H22N2O3. The van der Waals surface area contributed by atoms with Crippen molar-refractivity contribution in [3.05, 3.63) is 23.8 Å². The number of nitrogens with zero attached hydrogens (tertiary/aromatic N) is 1. The average Bonchev–Trinajstić information content (AvgIpc) is 3.25. The molecule has 0 atom stereocenters. The van der Waals surface area contributed by atoms with Gasteiger partial charge in [-0.3, -0.25) is 0 Å². The molecule has 2 rings (SSSR count). The number of carbonyl (C=O) groups excluding carboxylic acids is 1. The molecule has 1 aromatic carbocycles. The van der Waals surface area contributed by atoms with Gasteiger partial charge in [0.05, 0.1) is 6.61 Å². The highest BCUT2D eigenvalue weighted by molar-refractivity contribution is 5.93. The monoisotopic (exact) mass is 278 g/mol. The van der Waals surface area contributed by atoms with Gasteiger partial charge >= 0.3 is 5.97 Å². The Hall–Kier alpha value is -1.75. The molecule has 0 amide bonds. The van der Waals surface area contributed by atoms with Crippen molar-refractivity contribution in [3.8, 4) is 5.75 Å². The second kappa shape index (κ2) is 6.61. The first-order valence-electron chi connectivity index (χ1n) is 7.01. The molecule has 5 heteroatoms. The van der Waals surface area contributed by atoms with E-state index in [1.807, 2.05) is 0 Å². The average molecular weight is 278 g/mol. The quantitative estimate of drug-likeness (QED) is 0.610. The fraction of sp³-hybridized carbons (Fsp3) is 0.533. The minimum absolute atomic E-state index is 0.331. The lowest BCUT2D eigenvalue weighted by Crippen LogP contribution is -2.26. The Labute approximate surface area is 119 Å². The zero-order valence-electron chi connectivity index (χ0n) is 12.1. The molecule has 5 nitrogen and oxygen atoms in total. The lowest BCUT2D eigenvalue weighted by molar-refractivity contribution is 0.0521. The van der Waals surface area contributed by atoms with E-state index < -0.39 is 5.97 Å². The van der Waals surface area contributed by atoms with Crippen LogP contribution < -0.4 is 10.5 Å². The van der Waals surface area contributed by atoms with E-state index in [1.54, 1.807) is 25.1 Å². The molecule has 0 unspecified atom stereocenters. The minimum atomic E-state index is -0.398. The first-order valence-corrected chi connectivity index (χ1v) is 7.01. The highest BCUT2D eigenvalue weighted by atomic mass is 16.5. The second-order valence-electron chi connectivity index (χ2n) is 5.04. The van der Waals surface area contributed by atoms with Gasteiger partial charge in [0.25, 0.3) is 0 Å². The molecule has 20 heavy (non-hydrogen) atoms. The van der Waals surface area contributed by atoms with E-state index in [2.05, 4.69) is 11.9 Å². The SMILES string of the molecule is CCOC(=O)c1cc(N)ccc1OCCN(C)C1CC1. The summed E-state index contributed by atoms with van der Waals surface area (Å²) in [7, 11) is 2.09. The van der Waals surface area contributed by atoms with Gasteiger partial charge in [0, 0.05) is 18.3 Å². The minimum Gasteiger partial charge on any atom is -0.491 e. The summed E-state index contributed by atoms with van der Waals surface area (Å²) < 4.78 is 10.7. The summed E-state index contributed by atoms with van der Waals surface area (Å²) in [5.74, 6) is 0.132. The van der Waals surface area contributed by atoms with E-state index in [0.717, 1.165) is 6.54 Å². The number of likely N-dealkylation sites (N-methyl/N-ethyl adjacent to an activating group) is 1. The van der Waals surface area contributed by atoms with Crippen molar-refractivity contribution >= 4 is 11.7 Å². The number of ether oxygens (including phenoxy) is 2. The molecule has 0 radical (unpaired) electrons. The Kier molecular flexibility index (Phi) is 4.84. The third kappa shape index (κ3) is 3.87. The zero-order chi connectivity index (χ0) is 14.5. The molecule has 2 N–H and O–H groups in total. The van der Waals surface area contributed by atoms with Crippen LogP contribution in [0.25, 0.3) is 0 Å². The number of benzene rings is 1. The standard InChI is InChI=1S/C15H22N2O3/c1-3-19-15(18)13-10-11(16)4-7-14(13)20-9-8-17(2)12-5-6-12/h4,7,10,12H,3,5-6,8-9,16H2,1-2H3. The van der Waals surface area contributed by atoms with Gasteiger partial charge in [-0.2, -0.15) is 0 Å². The molecule has 1 fully saturated rings. The predicted molar refractivity (Wildman–Crippen MR) is 78.0 cm³/mol. The van der Waals surface area contributed by atoms with Gasteiger partial charge in [0.15, 0.2) is 0 Å². The molecule has 110 valence electrons. The fourth-order valence-electron chi connectivity index (χ4n) is 2.04. The lowest BCUT2D eigenvalue weighted by atomic mass is 10.2. The van der Waals surface area contributed by atoms with Gasteiger partial charge in [-0.25, -0.2) is 4.79 Å². The highest BCUT2D eigenvalue weighted by Gasteiger charge is 2.25. The largest absolute Gasteiger partial charge is 0.491 e. The molecule has 0 spiro atoms. The highest BCUT2D eigenvalue weighted by Crippen LogP contribution is 2.25. The van der Waals surface area contributed by atoms with E-state index in [-0.39, 0.29) is 0 Å². The number of anilines is 1. The number of nitrogens with two attached hydrogens (primary N) is 1. The van der Waals surface area contributed by atoms with Crippen LogP contribution in [0.4, 0.5) is 5.69 Å². The summed E-state index contributed by atoms with van der Waals surface area (Å²) >= 11 is 0. The van der Waals surface area contributed by atoms with Crippen LogP contribution in [0.3, 0.4) is 0 Å². The maximum absolute atomic E-state index is 11.9. The smallest absolute Gasteiger partial charge is 0.341 e. The van der Waals surface area contributed by atoms with Gasteiger partial charge in [-0.15, -0.1) is 0 Å². The van der Waals surface area contributed by atoms with E-state index in [1.165, 1.54) is 12.8 Å². The van der Waals surface area contributed by atoms with Crippen molar-refractivity contribution in [3.63, 3.8) is 0 Å². The number of hydrogen-bond donors (Lipinski definition) is 1. The third-order valence-corrected chi connectivity index (χ3v) is 3.37. The van der Waals surface area contributed by atoms with Crippen molar-refractivity contribution in [2.75, 3.05) is 32.5 Å². The molecule has 0 aliphatic heterocycles. The van der Waals surface area contributed by atoms with Crippen molar-refractivity contribution < 1.29 is 14.3 Å². The zero-order valence-corrected chi connectivity index (χ0v) is 12.1. The summed E-state index contributed by atoms with van der Waals surface area (Å²) in [6, 6.07) is 5.74. The maximum atomic E-state index is 11.9. The van der Waals surface area contributed by atoms with E-state index in [0.29, 0.717) is 36.3 Å². The second-order valence-corrected chi connectivity index (χ2v) is 5.04. The summed E-state index contributed by atoms with van der Waals surface area (Å²) in [6.07, 6.45) is 2.54. The Morgan fingerprint density at radius 2 is 2.20 bits per heavy atom. The van der Waals surface area contributed by atoms with Crippen LogP contribution in [0, 0.1) is 0 Å². The molecule has 1 aliphatic carbocycles. The fourth-order valence-corrected chi connectivity index (χ4v) is 2.04. The van der Waals surface area contributed by atoms with Gasteiger partial charge < -0.3 is 20.1 Å². The molecule has 0 heterocycles. The number of nitrogen functional groups attached to an aromatic ring is 1. The molecule has 1 saturated carbocycles. The molecule has 0 bridgehead atoms. The lowest BCUT2D eigenvalue weighted by Gasteiger charge is -2.17. The molecule has 1 aromatic rings. The molecule has 0 saturated heterocycles. The normalized spacial score (nSPS) is 14.3. The summed E-state index contributed by atoms with van der Waals surface area (Å²) in [4.78, 5) is 14.1. The van der Waals surface area contributed by atoms with Crippen LogP contribution in [0.5, 0.6) is 5.75 Å². The van der Waals surface area contributed by atoms with Crippen molar-refractivity contribution in [1.29, 1.82) is 0 Å². The van der Waals surface area contributed by atoms with Crippen LogP contribution in [0.15, 0.2) is 18.2 Å². The van der Waals surface area contributed by atoms with Crippen LogP contribution in [-0.2, 0) is 4.74 Å². The number of hydrogen-bond acceptors (Lipinski definition) is 5. The Morgan fingerprint density at radius 3 is 2.85 bits per heavy atom.